The normalized spacial score (nSPS) is 10.3. The zero-order chi connectivity index (χ0) is 17.5. The zero-order valence-electron chi connectivity index (χ0n) is 13.9. The zero-order valence-corrected chi connectivity index (χ0v) is 14.7. The van der Waals surface area contributed by atoms with Crippen LogP contribution in [-0.4, -0.2) is 17.2 Å². The van der Waals surface area contributed by atoms with Gasteiger partial charge in [0.05, 0.1) is 11.8 Å². The number of carbonyl (C=O) groups excluding carboxylic acids is 1. The van der Waals surface area contributed by atoms with Gasteiger partial charge in [-0.2, -0.15) is 5.10 Å². The van der Waals surface area contributed by atoms with Gasteiger partial charge >= 0.3 is 0 Å². The first-order valence-electron chi connectivity index (χ1n) is 7.86. The Morgan fingerprint density at radius 3 is 2.31 bits per heavy atom. The molecule has 5 nitrogen and oxygen atoms in total. The van der Waals surface area contributed by atoms with Crippen molar-refractivity contribution in [3.63, 3.8) is 0 Å². The second kappa shape index (κ2) is 9.34. The summed E-state index contributed by atoms with van der Waals surface area (Å²) in [4.78, 5) is 12.1. The van der Waals surface area contributed by atoms with E-state index < -0.39 is 0 Å². The molecule has 3 aromatic rings. The fourth-order valence-electron chi connectivity index (χ4n) is 2.30. The van der Waals surface area contributed by atoms with Crippen molar-refractivity contribution in [3.8, 4) is 5.75 Å². The van der Waals surface area contributed by atoms with Crippen LogP contribution in [0.2, 0.25) is 0 Å². The van der Waals surface area contributed by atoms with E-state index in [1.807, 2.05) is 35.2 Å². The van der Waals surface area contributed by atoms with Crippen LogP contribution < -0.4 is 22.4 Å². The number of carbonyl (C=O) groups is 1. The van der Waals surface area contributed by atoms with Crippen LogP contribution in [0.5, 0.6) is 5.75 Å². The van der Waals surface area contributed by atoms with Crippen molar-refractivity contribution in [2.24, 2.45) is 5.10 Å². The highest BCUT2D eigenvalue weighted by atomic mass is 35.5. The number of phenols is 1. The Kier molecular flexibility index (Phi) is 6.88. The van der Waals surface area contributed by atoms with Gasteiger partial charge in [-0.05, 0) is 29.8 Å². The molecule has 0 saturated carbocycles. The first kappa shape index (κ1) is 19.1. The maximum atomic E-state index is 12.1. The number of phenolic OH excluding ortho intramolecular Hbond substituents is 1. The molecule has 0 fully saturated rings. The summed E-state index contributed by atoms with van der Waals surface area (Å²) in [7, 11) is 0. The van der Waals surface area contributed by atoms with E-state index in [1.54, 1.807) is 36.4 Å². The molecule has 0 aliphatic carbocycles. The molecule has 0 unspecified atom stereocenters. The number of hydrogen-bond acceptors (Lipinski definition) is 3. The van der Waals surface area contributed by atoms with Crippen molar-refractivity contribution >= 4 is 12.1 Å². The third-order valence-electron chi connectivity index (χ3n) is 3.63. The largest absolute Gasteiger partial charge is 1.00 e. The molecule has 0 bridgehead atoms. The fourth-order valence-corrected chi connectivity index (χ4v) is 2.30. The molecule has 0 radical (unpaired) electrons. The monoisotopic (exact) mass is 367 g/mol. The number of halogens is 1. The molecular formula is C20H18ClN3O2. The minimum Gasteiger partial charge on any atom is -1.00 e. The van der Waals surface area contributed by atoms with Gasteiger partial charge in [-0.3, -0.25) is 4.79 Å². The van der Waals surface area contributed by atoms with Crippen LogP contribution in [0, 0.1) is 0 Å². The summed E-state index contributed by atoms with van der Waals surface area (Å²) in [5.74, 6) is -0.0869. The van der Waals surface area contributed by atoms with Gasteiger partial charge in [0.25, 0.3) is 5.91 Å². The number of pyridine rings is 1. The Labute approximate surface area is 158 Å². The third kappa shape index (κ3) is 5.43. The third-order valence-corrected chi connectivity index (χ3v) is 3.63. The number of nitrogens with zero attached hydrogens (tertiary/aromatic N) is 2. The van der Waals surface area contributed by atoms with Gasteiger partial charge < -0.3 is 17.5 Å². The highest BCUT2D eigenvalue weighted by molar-refractivity contribution is 5.94. The lowest BCUT2D eigenvalue weighted by Gasteiger charge is -2.00. The van der Waals surface area contributed by atoms with Crippen LogP contribution in [-0.2, 0) is 6.54 Å². The molecule has 0 aliphatic rings. The average Bonchev–Trinajstić information content (AvgIpc) is 2.65. The number of aromatic nitrogens is 1. The van der Waals surface area contributed by atoms with E-state index in [2.05, 4.69) is 22.7 Å². The van der Waals surface area contributed by atoms with Crippen LogP contribution in [0.1, 0.15) is 21.5 Å². The van der Waals surface area contributed by atoms with E-state index >= 15 is 0 Å². The number of aromatic hydroxyl groups is 1. The number of amides is 1. The van der Waals surface area contributed by atoms with Crippen molar-refractivity contribution in [3.05, 3.63) is 95.8 Å². The number of hydrogen-bond donors (Lipinski definition) is 2. The van der Waals surface area contributed by atoms with Crippen molar-refractivity contribution in [1.82, 2.24) is 5.43 Å². The highest BCUT2D eigenvalue weighted by Gasteiger charge is 2.08. The first-order chi connectivity index (χ1) is 12.2. The molecule has 0 spiro atoms. The van der Waals surface area contributed by atoms with E-state index in [-0.39, 0.29) is 24.1 Å². The molecule has 26 heavy (non-hydrogen) atoms. The molecular weight excluding hydrogens is 350 g/mol. The van der Waals surface area contributed by atoms with Gasteiger partial charge in [-0.1, -0.05) is 30.3 Å². The Morgan fingerprint density at radius 1 is 1.00 bits per heavy atom. The SMILES string of the molecule is O=C(NN=Cc1ccc(O)cc1)c1cc[n+](Cc2ccccc2)cc1.[Cl-]. The molecule has 0 saturated heterocycles. The summed E-state index contributed by atoms with van der Waals surface area (Å²) in [6.07, 6.45) is 5.26. The molecule has 3 rings (SSSR count). The minimum absolute atomic E-state index is 0. The maximum absolute atomic E-state index is 12.1. The molecule has 0 aliphatic heterocycles. The molecule has 6 heteroatoms. The fraction of sp³-hybridized carbons (Fsp3) is 0.0500. The maximum Gasteiger partial charge on any atom is 0.271 e. The summed E-state index contributed by atoms with van der Waals surface area (Å²) in [6.45, 7) is 0.752. The number of benzene rings is 2. The van der Waals surface area contributed by atoms with Crippen LogP contribution >= 0.6 is 0 Å². The lowest BCUT2D eigenvalue weighted by atomic mass is 10.2. The molecule has 1 heterocycles. The second-order valence-electron chi connectivity index (χ2n) is 5.54. The minimum atomic E-state index is -0.276. The van der Waals surface area contributed by atoms with Gasteiger partial charge in [-0.25, -0.2) is 9.99 Å². The molecule has 1 aromatic heterocycles. The van der Waals surface area contributed by atoms with Crippen LogP contribution in [0.25, 0.3) is 0 Å². The Bertz CT molecular complexity index is 864. The highest BCUT2D eigenvalue weighted by Crippen LogP contribution is 2.07. The van der Waals surface area contributed by atoms with Crippen molar-refractivity contribution in [2.75, 3.05) is 0 Å². The van der Waals surface area contributed by atoms with Gasteiger partial charge in [0.1, 0.15) is 5.75 Å². The lowest BCUT2D eigenvalue weighted by Crippen LogP contribution is -3.00. The smallest absolute Gasteiger partial charge is 0.271 e. The predicted molar refractivity (Wildman–Crippen MR) is 95.3 cm³/mol. The number of hydrazone groups is 1. The van der Waals surface area contributed by atoms with Gasteiger partial charge in [-0.15, -0.1) is 0 Å². The summed E-state index contributed by atoms with van der Waals surface area (Å²) >= 11 is 0. The van der Waals surface area contributed by atoms with E-state index in [0.717, 1.165) is 12.1 Å². The Hall–Kier alpha value is -3.18. The predicted octanol–water partition coefficient (Wildman–Crippen LogP) is -0.504. The van der Waals surface area contributed by atoms with Crippen molar-refractivity contribution in [2.45, 2.75) is 6.54 Å². The van der Waals surface area contributed by atoms with Crippen molar-refractivity contribution in [1.29, 1.82) is 0 Å². The van der Waals surface area contributed by atoms with E-state index in [4.69, 9.17) is 0 Å². The average molecular weight is 368 g/mol. The number of nitrogens with one attached hydrogen (secondary N) is 1. The summed E-state index contributed by atoms with van der Waals surface area (Å²) in [6, 6.07) is 20.2. The standard InChI is InChI=1S/C20H17N3O2.ClH/c24-19-8-6-16(7-9-19)14-21-22-20(25)18-10-12-23(13-11-18)15-17-4-2-1-3-5-17;/h1-14,25H,15H2;1H. The molecule has 2 aromatic carbocycles. The van der Waals surface area contributed by atoms with Gasteiger partial charge in [0.2, 0.25) is 0 Å². The number of rotatable bonds is 5. The quantitative estimate of drug-likeness (QED) is 0.362. The Morgan fingerprint density at radius 2 is 1.65 bits per heavy atom. The first-order valence-corrected chi connectivity index (χ1v) is 7.86. The van der Waals surface area contributed by atoms with E-state index in [0.29, 0.717) is 5.56 Å². The summed E-state index contributed by atoms with van der Waals surface area (Å²) < 4.78 is 2.01. The van der Waals surface area contributed by atoms with Crippen LogP contribution in [0.15, 0.2) is 84.2 Å². The second-order valence-corrected chi connectivity index (χ2v) is 5.54. The van der Waals surface area contributed by atoms with Crippen LogP contribution in [0.4, 0.5) is 0 Å². The van der Waals surface area contributed by atoms with Crippen molar-refractivity contribution < 1.29 is 26.9 Å². The van der Waals surface area contributed by atoms with E-state index in [9.17, 15) is 9.90 Å². The summed E-state index contributed by atoms with van der Waals surface area (Å²) in [5, 5.41) is 13.1. The van der Waals surface area contributed by atoms with Gasteiger partial charge in [0.15, 0.2) is 18.9 Å². The van der Waals surface area contributed by atoms with Gasteiger partial charge in [0, 0.05) is 17.7 Å². The molecule has 132 valence electrons. The Balaban J connectivity index is 0.00000243. The van der Waals surface area contributed by atoms with Crippen LogP contribution in [0.3, 0.4) is 0 Å². The van der Waals surface area contributed by atoms with E-state index in [1.165, 1.54) is 11.8 Å². The lowest BCUT2D eigenvalue weighted by molar-refractivity contribution is -0.688. The molecule has 0 atom stereocenters. The molecule has 1 amide bonds. The molecule has 2 N–H and O–H groups in total. The topological polar surface area (TPSA) is 65.6 Å². The summed E-state index contributed by atoms with van der Waals surface area (Å²) in [5.41, 5.74) is 5.01.